The van der Waals surface area contributed by atoms with Crippen LogP contribution in [-0.2, 0) is 0 Å². The molecule has 1 rings (SSSR count). The van der Waals surface area contributed by atoms with Gasteiger partial charge in [0.25, 0.3) is 0 Å². The predicted octanol–water partition coefficient (Wildman–Crippen LogP) is 2.96. The Morgan fingerprint density at radius 3 is 2.23 bits per heavy atom. The van der Waals surface area contributed by atoms with Crippen molar-refractivity contribution in [3.63, 3.8) is 0 Å². The average Bonchev–Trinajstić information content (AvgIpc) is 2.04. The fourth-order valence-corrected chi connectivity index (χ4v) is 1.13. The Kier molecular flexibility index (Phi) is 3.07. The van der Waals surface area contributed by atoms with E-state index in [1.165, 1.54) is 0 Å². The van der Waals surface area contributed by atoms with E-state index in [9.17, 15) is 4.79 Å². The van der Waals surface area contributed by atoms with E-state index >= 15 is 0 Å². The number of hydrogen-bond acceptors (Lipinski definition) is 2. The van der Waals surface area contributed by atoms with Gasteiger partial charge in [-0.05, 0) is 45.0 Å². The zero-order valence-electron chi connectivity index (χ0n) is 8.29. The summed E-state index contributed by atoms with van der Waals surface area (Å²) in [7, 11) is 0. The Morgan fingerprint density at radius 1 is 1.31 bits per heavy atom. The van der Waals surface area contributed by atoms with Crippen molar-refractivity contribution in [3.05, 3.63) is 29.8 Å². The maximum atomic E-state index is 11.0. The topological polar surface area (TPSA) is 29.1 Å². The summed E-state index contributed by atoms with van der Waals surface area (Å²) in [5.74, 6) is 0.107. The van der Waals surface area contributed by atoms with E-state index < -0.39 is 0 Å². The van der Waals surface area contributed by atoms with E-state index in [0.29, 0.717) is 6.04 Å². The molecule has 0 amide bonds. The van der Waals surface area contributed by atoms with Crippen LogP contribution in [0.15, 0.2) is 24.3 Å². The molecule has 0 atom stereocenters. The van der Waals surface area contributed by atoms with Gasteiger partial charge in [0.1, 0.15) is 0 Å². The van der Waals surface area contributed by atoms with Crippen LogP contribution in [0.5, 0.6) is 0 Å². The van der Waals surface area contributed by atoms with Gasteiger partial charge in [-0.2, -0.15) is 0 Å². The first-order valence-electron chi connectivity index (χ1n) is 4.47. The molecule has 1 aromatic rings. The molecule has 2 nitrogen and oxygen atoms in total. The van der Waals surface area contributed by atoms with Gasteiger partial charge in [0.05, 0.1) is 0 Å². The molecule has 72 valence electrons. The maximum Gasteiger partial charge on any atom is 0.159 e. The minimum absolute atomic E-state index is 0. The Labute approximate surface area is 80.5 Å². The van der Waals surface area contributed by atoms with Crippen LogP contribution in [0.25, 0.3) is 0 Å². The molecular weight excluding hydrogens is 162 g/mol. The molecule has 1 N–H and O–H groups in total. The van der Waals surface area contributed by atoms with Crippen LogP contribution in [-0.4, -0.2) is 11.8 Å². The molecular formula is C11H17NO. The van der Waals surface area contributed by atoms with Crippen molar-refractivity contribution in [2.75, 3.05) is 5.32 Å². The van der Waals surface area contributed by atoms with E-state index in [0.717, 1.165) is 11.3 Å². The highest BCUT2D eigenvalue weighted by Crippen LogP contribution is 2.10. The van der Waals surface area contributed by atoms with E-state index in [4.69, 9.17) is 0 Å². The number of rotatable bonds is 3. The number of carbonyl (C=O) groups excluding carboxylic acids is 1. The van der Waals surface area contributed by atoms with Crippen LogP contribution in [0.3, 0.4) is 0 Å². The van der Waals surface area contributed by atoms with Crippen molar-refractivity contribution >= 4 is 11.5 Å². The minimum Gasteiger partial charge on any atom is -0.383 e. The van der Waals surface area contributed by atoms with Crippen LogP contribution in [0.4, 0.5) is 5.69 Å². The normalized spacial score (nSPS) is 10.2. The Balaban J connectivity index is 0.00000169. The van der Waals surface area contributed by atoms with Gasteiger partial charge in [0.2, 0.25) is 0 Å². The molecule has 0 aliphatic rings. The van der Waals surface area contributed by atoms with Crippen molar-refractivity contribution in [1.29, 1.82) is 0 Å². The number of Topliss-reactive ketones (excluding diaryl/α,β-unsaturated/α-hetero) is 1. The van der Waals surface area contributed by atoms with Crippen LogP contribution >= 0.6 is 0 Å². The molecule has 0 fully saturated rings. The first-order valence-corrected chi connectivity index (χ1v) is 4.47. The summed E-state index contributed by atoms with van der Waals surface area (Å²) in [5.41, 5.74) is 1.81. The van der Waals surface area contributed by atoms with E-state index in [1.54, 1.807) is 6.92 Å². The molecule has 0 aliphatic heterocycles. The van der Waals surface area contributed by atoms with Gasteiger partial charge in [-0.15, -0.1) is 0 Å². The fourth-order valence-electron chi connectivity index (χ4n) is 1.13. The fraction of sp³-hybridized carbons (Fsp3) is 0.364. The van der Waals surface area contributed by atoms with Gasteiger partial charge in [-0.25, -0.2) is 0 Å². The highest BCUT2D eigenvalue weighted by atomic mass is 16.1. The highest BCUT2D eigenvalue weighted by Gasteiger charge is 1.98. The molecule has 0 spiro atoms. The lowest BCUT2D eigenvalue weighted by Gasteiger charge is -2.09. The molecule has 0 aliphatic carbocycles. The van der Waals surface area contributed by atoms with Gasteiger partial charge in [-0.1, -0.05) is 0 Å². The molecule has 0 saturated carbocycles. The Morgan fingerprint density at radius 2 is 1.85 bits per heavy atom. The molecule has 1 aromatic carbocycles. The van der Waals surface area contributed by atoms with Crippen molar-refractivity contribution < 1.29 is 6.22 Å². The van der Waals surface area contributed by atoms with Gasteiger partial charge in [-0.3, -0.25) is 4.79 Å². The molecule has 13 heavy (non-hydrogen) atoms. The van der Waals surface area contributed by atoms with Gasteiger partial charge < -0.3 is 5.32 Å². The van der Waals surface area contributed by atoms with Crippen molar-refractivity contribution in [2.45, 2.75) is 26.8 Å². The Bertz CT molecular complexity index is 293. The standard InChI is InChI=1S/C11H15NO.H2/c1-8(2)12-11-6-4-10(5-7-11)9(3)13;/h4-8,12H,1-3H3;1H. The summed E-state index contributed by atoms with van der Waals surface area (Å²) in [5, 5.41) is 3.26. The maximum absolute atomic E-state index is 11.0. The van der Waals surface area contributed by atoms with Gasteiger partial charge in [0, 0.05) is 18.7 Å². The number of anilines is 1. The third-order valence-corrected chi connectivity index (χ3v) is 1.75. The summed E-state index contributed by atoms with van der Waals surface area (Å²) >= 11 is 0. The van der Waals surface area contributed by atoms with Crippen molar-refractivity contribution in [1.82, 2.24) is 0 Å². The lowest BCUT2D eigenvalue weighted by atomic mass is 10.1. The molecule has 0 heterocycles. The summed E-state index contributed by atoms with van der Waals surface area (Å²) in [6.07, 6.45) is 0. The summed E-state index contributed by atoms with van der Waals surface area (Å²) in [6.45, 7) is 5.74. The lowest BCUT2D eigenvalue weighted by Crippen LogP contribution is -2.09. The minimum atomic E-state index is 0. The van der Waals surface area contributed by atoms with E-state index in [1.807, 2.05) is 24.3 Å². The summed E-state index contributed by atoms with van der Waals surface area (Å²) in [6, 6.07) is 7.95. The van der Waals surface area contributed by atoms with Crippen molar-refractivity contribution in [2.24, 2.45) is 0 Å². The zero-order chi connectivity index (χ0) is 9.84. The lowest BCUT2D eigenvalue weighted by molar-refractivity contribution is 0.101. The largest absolute Gasteiger partial charge is 0.383 e. The monoisotopic (exact) mass is 179 g/mol. The first kappa shape index (κ1) is 9.78. The van der Waals surface area contributed by atoms with Crippen LogP contribution in [0, 0.1) is 0 Å². The SMILES string of the molecule is CC(=O)c1ccc(NC(C)C)cc1.[HH]. The van der Waals surface area contributed by atoms with Gasteiger partial charge in [0.15, 0.2) is 5.78 Å². The summed E-state index contributed by atoms with van der Waals surface area (Å²) < 4.78 is 0. The third-order valence-electron chi connectivity index (χ3n) is 1.75. The van der Waals surface area contributed by atoms with E-state index in [-0.39, 0.29) is 7.21 Å². The van der Waals surface area contributed by atoms with Crippen molar-refractivity contribution in [3.8, 4) is 0 Å². The number of nitrogens with one attached hydrogen (secondary N) is 1. The van der Waals surface area contributed by atoms with Gasteiger partial charge >= 0.3 is 0 Å². The average molecular weight is 179 g/mol. The predicted molar refractivity (Wildman–Crippen MR) is 57.3 cm³/mol. The second kappa shape index (κ2) is 4.08. The highest BCUT2D eigenvalue weighted by molar-refractivity contribution is 5.94. The summed E-state index contributed by atoms with van der Waals surface area (Å²) in [4.78, 5) is 11.0. The first-order chi connectivity index (χ1) is 6.09. The van der Waals surface area contributed by atoms with Crippen LogP contribution < -0.4 is 5.32 Å². The second-order valence-corrected chi connectivity index (χ2v) is 3.43. The quantitative estimate of drug-likeness (QED) is 0.723. The molecule has 0 aromatic heterocycles. The molecule has 0 saturated heterocycles. The number of hydrogen-bond donors (Lipinski definition) is 1. The number of benzene rings is 1. The van der Waals surface area contributed by atoms with Crippen LogP contribution in [0.1, 0.15) is 32.6 Å². The molecule has 0 unspecified atom stereocenters. The van der Waals surface area contributed by atoms with Crippen LogP contribution in [0.2, 0.25) is 0 Å². The smallest absolute Gasteiger partial charge is 0.159 e. The number of ketones is 1. The second-order valence-electron chi connectivity index (χ2n) is 3.43. The Hall–Kier alpha value is -1.31. The number of carbonyl (C=O) groups is 1. The molecule has 0 bridgehead atoms. The van der Waals surface area contributed by atoms with E-state index in [2.05, 4.69) is 19.2 Å². The third kappa shape index (κ3) is 2.90. The molecule has 2 heteroatoms. The zero-order valence-corrected chi connectivity index (χ0v) is 8.29. The molecule has 0 radical (unpaired) electrons.